The Morgan fingerprint density at radius 1 is 1.20 bits per heavy atom. The quantitative estimate of drug-likeness (QED) is 0.755. The number of para-hydroxylation sites is 2. The lowest BCUT2D eigenvalue weighted by molar-refractivity contribution is -0.130. The van der Waals surface area contributed by atoms with E-state index in [0.29, 0.717) is 11.5 Å². The Morgan fingerprint density at radius 2 is 1.96 bits per heavy atom. The van der Waals surface area contributed by atoms with Gasteiger partial charge in [-0.3, -0.25) is 4.79 Å². The van der Waals surface area contributed by atoms with Gasteiger partial charge < -0.3 is 19.9 Å². The van der Waals surface area contributed by atoms with E-state index >= 15 is 0 Å². The topological polar surface area (TPSA) is 67.8 Å². The van der Waals surface area contributed by atoms with Crippen LogP contribution in [0.1, 0.15) is 11.7 Å². The molecule has 128 valence electrons. The molecule has 5 nitrogen and oxygen atoms in total. The summed E-state index contributed by atoms with van der Waals surface area (Å²) in [5.74, 6) is 0.891. The van der Waals surface area contributed by atoms with Crippen molar-refractivity contribution in [3.05, 3.63) is 59.5 Å². The lowest BCUT2D eigenvalue weighted by Gasteiger charge is -2.25. The van der Waals surface area contributed by atoms with Gasteiger partial charge in [-0.1, -0.05) is 30.3 Å². The first-order valence-electron chi connectivity index (χ1n) is 8.03. The Balaban J connectivity index is 1.39. The monoisotopic (exact) mass is 355 g/mol. The molecule has 1 amide bonds. The zero-order valence-corrected chi connectivity index (χ0v) is 14.2. The summed E-state index contributed by atoms with van der Waals surface area (Å²) in [5, 5.41) is 16.1. The smallest absolute Gasteiger partial charge is 0.264 e. The van der Waals surface area contributed by atoms with Crippen LogP contribution >= 0.6 is 11.3 Å². The summed E-state index contributed by atoms with van der Waals surface area (Å²) in [6.07, 6.45) is -1.49. The van der Waals surface area contributed by atoms with Gasteiger partial charge in [0.2, 0.25) is 6.10 Å². The van der Waals surface area contributed by atoms with Crippen LogP contribution in [0.5, 0.6) is 11.5 Å². The Morgan fingerprint density at radius 3 is 2.84 bits per heavy atom. The molecule has 2 heterocycles. The SMILES string of the molecule is O=C(NCC(O)c1csc2ccccc12)C1COc2ccccc2O1. The van der Waals surface area contributed by atoms with Crippen molar-refractivity contribution >= 4 is 27.3 Å². The van der Waals surface area contributed by atoms with E-state index in [-0.39, 0.29) is 19.1 Å². The van der Waals surface area contributed by atoms with Crippen molar-refractivity contribution in [1.82, 2.24) is 5.32 Å². The number of amides is 1. The first kappa shape index (κ1) is 15.9. The zero-order valence-electron chi connectivity index (χ0n) is 13.3. The van der Waals surface area contributed by atoms with Crippen LogP contribution in [0.4, 0.5) is 0 Å². The molecule has 0 spiro atoms. The fraction of sp³-hybridized carbons (Fsp3) is 0.211. The number of ether oxygens (including phenoxy) is 2. The van der Waals surface area contributed by atoms with Crippen LogP contribution in [0.15, 0.2) is 53.9 Å². The molecule has 0 fully saturated rings. The predicted octanol–water partition coefficient (Wildman–Crippen LogP) is 2.89. The highest BCUT2D eigenvalue weighted by molar-refractivity contribution is 7.17. The minimum atomic E-state index is -0.767. The third-order valence-corrected chi connectivity index (χ3v) is 5.12. The fourth-order valence-corrected chi connectivity index (χ4v) is 3.83. The van der Waals surface area contributed by atoms with E-state index in [1.54, 1.807) is 23.5 Å². The molecule has 1 aromatic heterocycles. The molecule has 1 aliphatic rings. The normalized spacial score (nSPS) is 17.2. The van der Waals surface area contributed by atoms with Crippen LogP contribution < -0.4 is 14.8 Å². The number of rotatable bonds is 4. The van der Waals surface area contributed by atoms with E-state index in [9.17, 15) is 9.90 Å². The van der Waals surface area contributed by atoms with E-state index in [1.165, 1.54) is 0 Å². The van der Waals surface area contributed by atoms with E-state index in [1.807, 2.05) is 41.8 Å². The van der Waals surface area contributed by atoms with Crippen molar-refractivity contribution in [2.45, 2.75) is 12.2 Å². The molecular weight excluding hydrogens is 338 g/mol. The van der Waals surface area contributed by atoms with Gasteiger partial charge in [-0.15, -0.1) is 11.3 Å². The van der Waals surface area contributed by atoms with E-state index in [2.05, 4.69) is 5.32 Å². The number of thiophene rings is 1. The molecule has 2 unspecified atom stereocenters. The highest BCUT2D eigenvalue weighted by Gasteiger charge is 2.27. The zero-order chi connectivity index (χ0) is 17.2. The van der Waals surface area contributed by atoms with Gasteiger partial charge >= 0.3 is 0 Å². The van der Waals surface area contributed by atoms with Crippen molar-refractivity contribution in [3.8, 4) is 11.5 Å². The minimum Gasteiger partial charge on any atom is -0.485 e. The third kappa shape index (κ3) is 3.18. The number of hydrogen-bond acceptors (Lipinski definition) is 5. The van der Waals surface area contributed by atoms with E-state index in [4.69, 9.17) is 9.47 Å². The molecule has 1 aliphatic heterocycles. The van der Waals surface area contributed by atoms with Crippen LogP contribution in [-0.2, 0) is 4.79 Å². The average Bonchev–Trinajstić information content (AvgIpc) is 3.09. The molecule has 3 aromatic rings. The number of aliphatic hydroxyl groups is 1. The Bertz CT molecular complexity index is 907. The molecule has 4 rings (SSSR count). The molecule has 0 bridgehead atoms. The van der Waals surface area contributed by atoms with Crippen molar-refractivity contribution in [2.24, 2.45) is 0 Å². The molecular formula is C19H17NO4S. The highest BCUT2D eigenvalue weighted by atomic mass is 32.1. The maximum absolute atomic E-state index is 12.3. The van der Waals surface area contributed by atoms with Crippen LogP contribution in [-0.4, -0.2) is 30.3 Å². The van der Waals surface area contributed by atoms with Gasteiger partial charge in [0.05, 0.1) is 6.10 Å². The fourth-order valence-electron chi connectivity index (χ4n) is 2.83. The summed E-state index contributed by atoms with van der Waals surface area (Å²) >= 11 is 1.58. The van der Waals surface area contributed by atoms with Crippen LogP contribution in [0.25, 0.3) is 10.1 Å². The second kappa shape index (κ2) is 6.74. The van der Waals surface area contributed by atoms with Gasteiger partial charge in [-0.05, 0) is 29.0 Å². The van der Waals surface area contributed by atoms with Gasteiger partial charge in [0.15, 0.2) is 11.5 Å². The number of nitrogens with one attached hydrogen (secondary N) is 1. The average molecular weight is 355 g/mol. The second-order valence-electron chi connectivity index (χ2n) is 5.81. The van der Waals surface area contributed by atoms with Crippen LogP contribution in [0.3, 0.4) is 0 Å². The summed E-state index contributed by atoms with van der Waals surface area (Å²) < 4.78 is 12.3. The number of carbonyl (C=O) groups excluding carboxylic acids is 1. The predicted molar refractivity (Wildman–Crippen MR) is 96.1 cm³/mol. The number of aliphatic hydroxyl groups excluding tert-OH is 1. The maximum atomic E-state index is 12.3. The summed E-state index contributed by atoms with van der Waals surface area (Å²) in [7, 11) is 0. The first-order chi connectivity index (χ1) is 12.2. The van der Waals surface area contributed by atoms with Gasteiger partial charge in [0, 0.05) is 16.8 Å². The number of fused-ring (bicyclic) bond motifs is 2. The molecule has 2 atom stereocenters. The molecule has 6 heteroatoms. The van der Waals surface area contributed by atoms with Crippen LogP contribution in [0, 0.1) is 0 Å². The van der Waals surface area contributed by atoms with Gasteiger partial charge in [-0.25, -0.2) is 0 Å². The maximum Gasteiger partial charge on any atom is 0.264 e. The Hall–Kier alpha value is -2.57. The molecule has 0 aliphatic carbocycles. The second-order valence-corrected chi connectivity index (χ2v) is 6.72. The van der Waals surface area contributed by atoms with Gasteiger partial charge in [0.25, 0.3) is 5.91 Å². The lowest BCUT2D eigenvalue weighted by Crippen LogP contribution is -2.45. The van der Waals surface area contributed by atoms with E-state index in [0.717, 1.165) is 15.6 Å². The third-order valence-electron chi connectivity index (χ3n) is 4.14. The number of hydrogen-bond donors (Lipinski definition) is 2. The van der Waals surface area contributed by atoms with Crippen LogP contribution in [0.2, 0.25) is 0 Å². The molecule has 2 aromatic carbocycles. The summed E-state index contributed by atoms with van der Waals surface area (Å²) in [4.78, 5) is 12.3. The van der Waals surface area contributed by atoms with E-state index < -0.39 is 12.2 Å². The number of benzene rings is 2. The van der Waals surface area contributed by atoms with Gasteiger partial charge in [0.1, 0.15) is 6.61 Å². The van der Waals surface area contributed by atoms with Crippen molar-refractivity contribution in [3.63, 3.8) is 0 Å². The summed E-state index contributed by atoms with van der Waals surface area (Å²) in [5.41, 5.74) is 0.826. The molecule has 0 saturated heterocycles. The molecule has 0 radical (unpaired) electrons. The lowest BCUT2D eigenvalue weighted by atomic mass is 10.1. The molecule has 25 heavy (non-hydrogen) atoms. The number of carbonyl (C=O) groups is 1. The molecule has 2 N–H and O–H groups in total. The standard InChI is InChI=1S/C19H17NO4S/c21-14(13-11-25-18-8-4-1-5-12(13)18)9-20-19(22)17-10-23-15-6-2-3-7-16(15)24-17/h1-8,11,14,17,21H,9-10H2,(H,20,22). The largest absolute Gasteiger partial charge is 0.485 e. The summed E-state index contributed by atoms with van der Waals surface area (Å²) in [6, 6.07) is 15.1. The minimum absolute atomic E-state index is 0.126. The van der Waals surface area contributed by atoms with Gasteiger partial charge in [-0.2, -0.15) is 0 Å². The van der Waals surface area contributed by atoms with Crippen molar-refractivity contribution < 1.29 is 19.4 Å². The molecule has 0 saturated carbocycles. The highest BCUT2D eigenvalue weighted by Crippen LogP contribution is 2.31. The van der Waals surface area contributed by atoms with Crippen molar-refractivity contribution in [1.29, 1.82) is 0 Å². The Kier molecular flexibility index (Phi) is 4.29. The first-order valence-corrected chi connectivity index (χ1v) is 8.91. The Labute approximate surface area is 148 Å². The summed E-state index contributed by atoms with van der Waals surface area (Å²) in [6.45, 7) is 0.279. The van der Waals surface area contributed by atoms with Crippen molar-refractivity contribution in [2.75, 3.05) is 13.2 Å².